The number of rotatable bonds is 24. The Labute approximate surface area is 209 Å². The Kier molecular flexibility index (Phi) is 28.1. The fraction of sp³-hybridized carbons (Fsp3) is 1.00. The topological polar surface area (TPSA) is 134 Å². The van der Waals surface area contributed by atoms with Gasteiger partial charge in [0, 0.05) is 0 Å². The maximum absolute atomic E-state index is 10.4. The van der Waals surface area contributed by atoms with Crippen molar-refractivity contribution in [3.63, 3.8) is 0 Å². The van der Waals surface area contributed by atoms with E-state index < -0.39 is 15.6 Å². The highest BCUT2D eigenvalue weighted by molar-refractivity contribution is 7.46. The lowest BCUT2D eigenvalue weighted by atomic mass is 10.1. The van der Waals surface area contributed by atoms with Gasteiger partial charge in [-0.15, -0.1) is 0 Å². The molecule has 0 aromatic carbocycles. The molecule has 0 aliphatic rings. The summed E-state index contributed by atoms with van der Waals surface area (Å²) in [6, 6.07) is 0. The molecule has 0 spiro atoms. The first-order valence-corrected chi connectivity index (χ1v) is 16.6. The minimum absolute atomic E-state index is 0.167. The van der Waals surface area contributed by atoms with Gasteiger partial charge in [0.05, 0.1) is 13.2 Å². The van der Waals surface area contributed by atoms with E-state index in [2.05, 4.69) is 22.9 Å². The summed E-state index contributed by atoms with van der Waals surface area (Å²) in [6.07, 6.45) is 24.1. The molecule has 0 unspecified atom stereocenters. The Morgan fingerprint density at radius 1 is 0.412 bits per heavy atom. The van der Waals surface area contributed by atoms with Crippen LogP contribution in [-0.4, -0.2) is 32.8 Å². The molecule has 0 radical (unpaired) electrons. The predicted octanol–water partition coefficient (Wildman–Crippen LogP) is 8.03. The summed E-state index contributed by atoms with van der Waals surface area (Å²) in [7, 11) is -8.49. The quantitative estimate of drug-likeness (QED) is 0.0725. The first-order chi connectivity index (χ1) is 16.1. The highest BCUT2D eigenvalue weighted by Gasteiger charge is 2.12. The molecule has 10 heteroatoms. The van der Waals surface area contributed by atoms with E-state index in [1.807, 2.05) is 0 Å². The molecule has 208 valence electrons. The molecule has 0 atom stereocenters. The van der Waals surface area contributed by atoms with Crippen LogP contribution in [0.5, 0.6) is 0 Å². The number of hydrogen-bond acceptors (Lipinski definition) is 4. The number of unbranched alkanes of at least 4 members (excludes halogenated alkanes) is 18. The summed E-state index contributed by atoms with van der Waals surface area (Å²) in [5.74, 6) is 0. The van der Waals surface area contributed by atoms with Crippen LogP contribution < -0.4 is 0 Å². The molecule has 4 N–H and O–H groups in total. The highest BCUT2D eigenvalue weighted by Crippen LogP contribution is 2.36. The lowest BCUT2D eigenvalue weighted by Crippen LogP contribution is -1.92. The van der Waals surface area contributed by atoms with Crippen molar-refractivity contribution < 1.29 is 37.8 Å². The van der Waals surface area contributed by atoms with Crippen LogP contribution in [-0.2, 0) is 18.2 Å². The molecule has 0 saturated heterocycles. The van der Waals surface area contributed by atoms with Gasteiger partial charge in [0.15, 0.2) is 0 Å². The van der Waals surface area contributed by atoms with Gasteiger partial charge >= 0.3 is 15.6 Å². The Balaban J connectivity index is 0. The summed E-state index contributed by atoms with van der Waals surface area (Å²) in [5, 5.41) is 0. The second-order valence-electron chi connectivity index (χ2n) is 9.01. The van der Waals surface area contributed by atoms with E-state index in [4.69, 9.17) is 19.6 Å². The van der Waals surface area contributed by atoms with Gasteiger partial charge in [-0.1, -0.05) is 129 Å². The third-order valence-electron chi connectivity index (χ3n) is 5.51. The van der Waals surface area contributed by atoms with Crippen molar-refractivity contribution in [2.24, 2.45) is 0 Å². The van der Waals surface area contributed by atoms with Crippen LogP contribution in [0.3, 0.4) is 0 Å². The molecule has 0 heterocycles. The van der Waals surface area contributed by atoms with E-state index in [0.29, 0.717) is 0 Å². The van der Waals surface area contributed by atoms with Crippen LogP contribution in [0.25, 0.3) is 0 Å². The fourth-order valence-corrected chi connectivity index (χ4v) is 4.28. The Hall–Kier alpha value is 0.220. The van der Waals surface area contributed by atoms with Crippen LogP contribution in [0.15, 0.2) is 0 Å². The van der Waals surface area contributed by atoms with Crippen molar-refractivity contribution >= 4 is 15.6 Å². The molecule has 0 aliphatic heterocycles. The van der Waals surface area contributed by atoms with Gasteiger partial charge in [-0.25, -0.2) is 9.13 Å². The summed E-state index contributed by atoms with van der Waals surface area (Å²) < 4.78 is 29.5. The summed E-state index contributed by atoms with van der Waals surface area (Å²) >= 11 is 0. The second-order valence-corrected chi connectivity index (χ2v) is 11.5. The van der Waals surface area contributed by atoms with Gasteiger partial charge in [-0.05, 0) is 12.8 Å². The van der Waals surface area contributed by atoms with Gasteiger partial charge in [-0.3, -0.25) is 9.05 Å². The fourth-order valence-electron chi connectivity index (χ4n) is 3.55. The lowest BCUT2D eigenvalue weighted by Gasteiger charge is -2.05. The van der Waals surface area contributed by atoms with E-state index in [-0.39, 0.29) is 13.2 Å². The monoisotopic (exact) mass is 532 g/mol. The smallest absolute Gasteiger partial charge is 0.303 e. The molecule has 0 fully saturated rings. The third kappa shape index (κ3) is 39.4. The van der Waals surface area contributed by atoms with Gasteiger partial charge < -0.3 is 19.6 Å². The number of phosphoric ester groups is 2. The lowest BCUT2D eigenvalue weighted by molar-refractivity contribution is 0.191. The zero-order chi connectivity index (χ0) is 26.0. The number of phosphoric acid groups is 2. The molecule has 0 aromatic rings. The molecule has 34 heavy (non-hydrogen) atoms. The van der Waals surface area contributed by atoms with Crippen LogP contribution in [0.4, 0.5) is 0 Å². The van der Waals surface area contributed by atoms with Gasteiger partial charge in [0.1, 0.15) is 0 Å². The molecule has 0 bridgehead atoms. The molecular weight excluding hydrogens is 478 g/mol. The van der Waals surface area contributed by atoms with Crippen molar-refractivity contribution in [1.29, 1.82) is 0 Å². The van der Waals surface area contributed by atoms with Crippen molar-refractivity contribution in [2.75, 3.05) is 13.2 Å². The normalized spacial score (nSPS) is 11.9. The maximum atomic E-state index is 10.4. The Morgan fingerprint density at radius 2 is 0.618 bits per heavy atom. The third-order valence-corrected chi connectivity index (χ3v) is 6.55. The van der Waals surface area contributed by atoms with E-state index >= 15 is 0 Å². The van der Waals surface area contributed by atoms with Crippen LogP contribution in [0.2, 0.25) is 0 Å². The van der Waals surface area contributed by atoms with Gasteiger partial charge in [0.25, 0.3) is 0 Å². The molecule has 0 saturated carbocycles. The minimum atomic E-state index is -4.24. The zero-order valence-corrected chi connectivity index (χ0v) is 23.7. The average molecular weight is 533 g/mol. The summed E-state index contributed by atoms with van der Waals surface area (Å²) in [5.41, 5.74) is 0. The standard InChI is InChI=1S/2C12H27O4P/c2*1-2-3-4-5-6-7-8-9-10-11-12-16-17(13,14)15/h2*2-12H2,1H3,(H2,13,14,15). The van der Waals surface area contributed by atoms with Crippen molar-refractivity contribution in [3.8, 4) is 0 Å². The van der Waals surface area contributed by atoms with Crippen molar-refractivity contribution in [3.05, 3.63) is 0 Å². The van der Waals surface area contributed by atoms with E-state index in [1.165, 1.54) is 89.9 Å². The van der Waals surface area contributed by atoms with Crippen LogP contribution in [0, 0.1) is 0 Å². The minimum Gasteiger partial charge on any atom is -0.303 e. The van der Waals surface area contributed by atoms with Gasteiger partial charge in [0.2, 0.25) is 0 Å². The predicted molar refractivity (Wildman–Crippen MR) is 140 cm³/mol. The SMILES string of the molecule is CCCCCCCCCCCCOP(=O)(O)O.CCCCCCCCCCCCOP(=O)(O)O. The maximum Gasteiger partial charge on any atom is 0.469 e. The molecule has 0 aliphatic carbocycles. The summed E-state index contributed by atoms with van der Waals surface area (Å²) in [4.78, 5) is 33.8. The molecule has 0 rings (SSSR count). The van der Waals surface area contributed by atoms with E-state index in [1.54, 1.807) is 0 Å². The van der Waals surface area contributed by atoms with Crippen molar-refractivity contribution in [2.45, 2.75) is 142 Å². The zero-order valence-electron chi connectivity index (χ0n) is 21.9. The van der Waals surface area contributed by atoms with E-state index in [0.717, 1.165) is 38.5 Å². The van der Waals surface area contributed by atoms with E-state index in [9.17, 15) is 9.13 Å². The Morgan fingerprint density at radius 3 is 0.824 bits per heavy atom. The average Bonchev–Trinajstić information content (AvgIpc) is 2.75. The van der Waals surface area contributed by atoms with Crippen LogP contribution in [0.1, 0.15) is 142 Å². The molecule has 8 nitrogen and oxygen atoms in total. The highest BCUT2D eigenvalue weighted by atomic mass is 31.2. The van der Waals surface area contributed by atoms with Gasteiger partial charge in [-0.2, -0.15) is 0 Å². The molecule has 0 amide bonds. The largest absolute Gasteiger partial charge is 0.469 e. The van der Waals surface area contributed by atoms with Crippen molar-refractivity contribution in [1.82, 2.24) is 0 Å². The Bertz CT molecular complexity index is 449. The summed E-state index contributed by atoms with van der Waals surface area (Å²) in [6.45, 7) is 4.78. The number of hydrogen-bond donors (Lipinski definition) is 4. The molecular formula is C24H54O8P2. The second kappa shape index (κ2) is 26.3. The molecule has 0 aromatic heterocycles. The van der Waals surface area contributed by atoms with Crippen LogP contribution >= 0.6 is 15.6 Å². The first kappa shape index (κ1) is 36.4. The first-order valence-electron chi connectivity index (χ1n) is 13.5.